The van der Waals surface area contributed by atoms with E-state index in [-0.39, 0.29) is 5.82 Å². The molecule has 1 heterocycles. The Labute approximate surface area is 134 Å². The van der Waals surface area contributed by atoms with Crippen molar-refractivity contribution in [3.05, 3.63) is 35.4 Å². The Kier molecular flexibility index (Phi) is 5.12. The lowest BCUT2D eigenvalue weighted by Gasteiger charge is -2.12. The molecule has 124 valence electrons. The number of ether oxygens (including phenoxy) is 3. The van der Waals surface area contributed by atoms with Crippen LogP contribution in [0, 0.1) is 0 Å². The first kappa shape index (κ1) is 16.7. The summed E-state index contributed by atoms with van der Waals surface area (Å²) in [4.78, 5) is 0. The summed E-state index contributed by atoms with van der Waals surface area (Å²) in [6.07, 6.45) is 2.89. The van der Waals surface area contributed by atoms with Crippen molar-refractivity contribution in [3.8, 4) is 17.2 Å². The molecule has 0 saturated heterocycles. The van der Waals surface area contributed by atoms with E-state index in [0.717, 1.165) is 5.41 Å². The molecule has 0 spiro atoms. The van der Waals surface area contributed by atoms with E-state index < -0.39 is 10.0 Å². The van der Waals surface area contributed by atoms with Gasteiger partial charge in [-0.15, -0.1) is 0 Å². The summed E-state index contributed by atoms with van der Waals surface area (Å²) < 4.78 is 42.0. The van der Waals surface area contributed by atoms with E-state index in [2.05, 4.69) is 14.9 Å². The first-order valence-electron chi connectivity index (χ1n) is 6.49. The summed E-state index contributed by atoms with van der Waals surface area (Å²) in [7, 11) is 0.741. The van der Waals surface area contributed by atoms with Crippen LogP contribution in [-0.2, 0) is 10.0 Å². The highest BCUT2D eigenvalue weighted by Gasteiger charge is 2.13. The SMILES string of the molecule is COc1cc(OC)c(/C=C/S(=O)(=O)Nc2cc[nH]n2)c(OC)c1. The van der Waals surface area contributed by atoms with E-state index >= 15 is 0 Å². The number of aromatic amines is 1. The van der Waals surface area contributed by atoms with Gasteiger partial charge in [0.05, 0.1) is 32.3 Å². The molecule has 0 aliphatic rings. The van der Waals surface area contributed by atoms with E-state index in [0.29, 0.717) is 22.8 Å². The molecule has 0 unspecified atom stereocenters. The van der Waals surface area contributed by atoms with Gasteiger partial charge in [0.1, 0.15) is 17.2 Å². The van der Waals surface area contributed by atoms with Crippen LogP contribution in [0.1, 0.15) is 5.56 Å². The first-order chi connectivity index (χ1) is 11.0. The van der Waals surface area contributed by atoms with Crippen molar-refractivity contribution in [1.29, 1.82) is 0 Å². The molecule has 2 N–H and O–H groups in total. The Hall–Kier alpha value is -2.68. The molecule has 1 aromatic carbocycles. The van der Waals surface area contributed by atoms with Crippen molar-refractivity contribution in [2.75, 3.05) is 26.1 Å². The molecule has 0 aliphatic heterocycles. The molecule has 0 amide bonds. The summed E-state index contributed by atoms with van der Waals surface area (Å²) in [5.74, 6) is 1.58. The van der Waals surface area contributed by atoms with Gasteiger partial charge in [0, 0.05) is 24.4 Å². The molecular formula is C14H17N3O5S. The van der Waals surface area contributed by atoms with Crippen LogP contribution in [0.2, 0.25) is 0 Å². The van der Waals surface area contributed by atoms with Crippen molar-refractivity contribution in [2.24, 2.45) is 0 Å². The summed E-state index contributed by atoms with van der Waals surface area (Å²) >= 11 is 0. The zero-order valence-corrected chi connectivity index (χ0v) is 13.7. The third kappa shape index (κ3) is 4.16. The quantitative estimate of drug-likeness (QED) is 0.798. The van der Waals surface area contributed by atoms with Gasteiger partial charge in [0.25, 0.3) is 10.0 Å². The molecule has 0 atom stereocenters. The number of hydrogen-bond donors (Lipinski definition) is 2. The fraction of sp³-hybridized carbons (Fsp3) is 0.214. The average Bonchev–Trinajstić information content (AvgIpc) is 3.04. The largest absolute Gasteiger partial charge is 0.496 e. The molecule has 8 nitrogen and oxygen atoms in total. The number of anilines is 1. The Morgan fingerprint density at radius 3 is 2.26 bits per heavy atom. The molecule has 23 heavy (non-hydrogen) atoms. The maximum atomic E-state index is 12.0. The molecule has 0 aliphatic carbocycles. The lowest BCUT2D eigenvalue weighted by molar-refractivity contribution is 0.374. The standard InChI is InChI=1S/C14H17N3O5S/c1-20-10-8-12(21-2)11(13(9-10)22-3)5-7-23(18,19)17-14-4-6-15-16-14/h4-9H,1-3H3,(H2,15,16,17)/b7-5+. The number of hydrogen-bond acceptors (Lipinski definition) is 6. The minimum absolute atomic E-state index is 0.198. The van der Waals surface area contributed by atoms with Crippen LogP contribution < -0.4 is 18.9 Å². The van der Waals surface area contributed by atoms with Crippen molar-refractivity contribution in [2.45, 2.75) is 0 Å². The second kappa shape index (κ2) is 7.05. The number of benzene rings is 1. The fourth-order valence-corrected chi connectivity index (χ4v) is 2.64. The minimum Gasteiger partial charge on any atom is -0.496 e. The summed E-state index contributed by atoms with van der Waals surface area (Å²) in [6.45, 7) is 0. The molecule has 0 bridgehead atoms. The Bertz CT molecular complexity index is 760. The lowest BCUT2D eigenvalue weighted by atomic mass is 10.1. The maximum Gasteiger partial charge on any atom is 0.256 e. The zero-order chi connectivity index (χ0) is 16.9. The van der Waals surface area contributed by atoms with Gasteiger partial charge < -0.3 is 14.2 Å². The minimum atomic E-state index is -3.72. The molecule has 9 heteroatoms. The van der Waals surface area contributed by atoms with Gasteiger partial charge >= 0.3 is 0 Å². The third-order valence-electron chi connectivity index (χ3n) is 2.91. The molecule has 0 saturated carbocycles. The maximum absolute atomic E-state index is 12.0. The number of H-pyrrole nitrogens is 1. The summed E-state index contributed by atoms with van der Waals surface area (Å²) in [5, 5.41) is 7.26. The average molecular weight is 339 g/mol. The lowest BCUT2D eigenvalue weighted by Crippen LogP contribution is -2.09. The van der Waals surface area contributed by atoms with Crippen LogP contribution in [0.5, 0.6) is 17.2 Å². The molecule has 0 radical (unpaired) electrons. The van der Waals surface area contributed by atoms with Crippen LogP contribution >= 0.6 is 0 Å². The summed E-state index contributed by atoms with van der Waals surface area (Å²) in [6, 6.07) is 4.77. The van der Waals surface area contributed by atoms with Gasteiger partial charge in [-0.25, -0.2) is 8.42 Å². The summed E-state index contributed by atoms with van der Waals surface area (Å²) in [5.41, 5.74) is 0.475. The number of rotatable bonds is 7. The monoisotopic (exact) mass is 339 g/mol. The normalized spacial score (nSPS) is 11.4. The van der Waals surface area contributed by atoms with Crippen molar-refractivity contribution >= 4 is 21.9 Å². The van der Waals surface area contributed by atoms with Gasteiger partial charge in [-0.2, -0.15) is 5.10 Å². The van der Waals surface area contributed by atoms with Crippen LogP contribution in [0.3, 0.4) is 0 Å². The molecule has 2 rings (SSSR count). The second-order valence-corrected chi connectivity index (χ2v) is 5.92. The highest BCUT2D eigenvalue weighted by atomic mass is 32.2. The third-order valence-corrected chi connectivity index (χ3v) is 3.90. The Balaban J connectivity index is 2.34. The number of nitrogens with zero attached hydrogens (tertiary/aromatic N) is 1. The van der Waals surface area contributed by atoms with E-state index in [1.807, 2.05) is 0 Å². The Morgan fingerprint density at radius 2 is 1.78 bits per heavy atom. The van der Waals surface area contributed by atoms with Crippen LogP contribution in [0.4, 0.5) is 5.82 Å². The number of methoxy groups -OCH3 is 3. The van der Waals surface area contributed by atoms with E-state index in [1.165, 1.54) is 39.7 Å². The van der Waals surface area contributed by atoms with Gasteiger partial charge in [-0.3, -0.25) is 9.82 Å². The topological polar surface area (TPSA) is 103 Å². The van der Waals surface area contributed by atoms with E-state index in [4.69, 9.17) is 14.2 Å². The highest BCUT2D eigenvalue weighted by Crippen LogP contribution is 2.35. The number of sulfonamides is 1. The van der Waals surface area contributed by atoms with Crippen molar-refractivity contribution < 1.29 is 22.6 Å². The van der Waals surface area contributed by atoms with Crippen molar-refractivity contribution in [3.63, 3.8) is 0 Å². The van der Waals surface area contributed by atoms with Crippen LogP contribution in [-0.4, -0.2) is 39.9 Å². The van der Waals surface area contributed by atoms with Crippen LogP contribution in [0.25, 0.3) is 6.08 Å². The van der Waals surface area contributed by atoms with Crippen molar-refractivity contribution in [1.82, 2.24) is 10.2 Å². The van der Waals surface area contributed by atoms with Gasteiger partial charge in [0.2, 0.25) is 0 Å². The van der Waals surface area contributed by atoms with Crippen LogP contribution in [0.15, 0.2) is 29.8 Å². The first-order valence-corrected chi connectivity index (χ1v) is 8.04. The second-order valence-electron chi connectivity index (χ2n) is 4.35. The van der Waals surface area contributed by atoms with Gasteiger partial charge in [0.15, 0.2) is 5.82 Å². The predicted molar refractivity (Wildman–Crippen MR) is 86.3 cm³/mol. The molecule has 1 aromatic heterocycles. The predicted octanol–water partition coefficient (Wildman–Crippen LogP) is 1.85. The van der Waals surface area contributed by atoms with E-state index in [1.54, 1.807) is 12.1 Å². The van der Waals surface area contributed by atoms with Gasteiger partial charge in [-0.1, -0.05) is 0 Å². The number of aromatic nitrogens is 2. The Morgan fingerprint density at radius 1 is 1.13 bits per heavy atom. The molecule has 0 fully saturated rings. The fourth-order valence-electron chi connectivity index (χ4n) is 1.85. The van der Waals surface area contributed by atoms with Gasteiger partial charge in [-0.05, 0) is 6.08 Å². The zero-order valence-electron chi connectivity index (χ0n) is 12.9. The molecule has 2 aromatic rings. The smallest absolute Gasteiger partial charge is 0.256 e. The number of nitrogens with one attached hydrogen (secondary N) is 2. The molecular weight excluding hydrogens is 322 g/mol. The highest BCUT2D eigenvalue weighted by molar-refractivity contribution is 7.95. The van der Waals surface area contributed by atoms with E-state index in [9.17, 15) is 8.42 Å².